The van der Waals surface area contributed by atoms with E-state index >= 15 is 0 Å². The first kappa shape index (κ1) is 24.1. The van der Waals surface area contributed by atoms with E-state index in [9.17, 15) is 9.59 Å². The molecule has 38 heavy (non-hydrogen) atoms. The zero-order chi connectivity index (χ0) is 26.1. The smallest absolute Gasteiger partial charge is 0.291 e. The van der Waals surface area contributed by atoms with Gasteiger partial charge in [-0.05, 0) is 60.7 Å². The Morgan fingerprint density at radius 3 is 2.24 bits per heavy atom. The molecular weight excluding hydrogens is 546 g/mol. The van der Waals surface area contributed by atoms with Gasteiger partial charge < -0.3 is 24.0 Å². The number of furan rings is 2. The van der Waals surface area contributed by atoms with Gasteiger partial charge in [-0.25, -0.2) is 0 Å². The van der Waals surface area contributed by atoms with Gasteiger partial charge in [0.1, 0.15) is 11.3 Å². The topological polar surface area (TPSA) is 78.9 Å². The molecule has 1 fully saturated rings. The van der Waals surface area contributed by atoms with Crippen molar-refractivity contribution in [2.75, 3.05) is 36.4 Å². The maximum Gasteiger partial charge on any atom is 0.291 e. The molecule has 0 saturated carbocycles. The van der Waals surface area contributed by atoms with Crippen molar-refractivity contribution in [3.63, 3.8) is 0 Å². The van der Waals surface area contributed by atoms with Crippen LogP contribution in [0.1, 0.15) is 21.1 Å². The van der Waals surface area contributed by atoms with Crippen LogP contribution < -0.4 is 10.2 Å². The minimum absolute atomic E-state index is 0.0832. The predicted octanol–water partition coefficient (Wildman–Crippen LogP) is 6.67. The summed E-state index contributed by atoms with van der Waals surface area (Å²) >= 11 is 3.42. The molecule has 0 atom stereocenters. The normalized spacial score (nSPS) is 13.6. The third-order valence-electron chi connectivity index (χ3n) is 6.65. The number of hydrogen-bond acceptors (Lipinski definition) is 5. The lowest BCUT2D eigenvalue weighted by molar-refractivity contribution is 0.0717. The van der Waals surface area contributed by atoms with E-state index in [-0.39, 0.29) is 17.6 Å². The maximum absolute atomic E-state index is 12.9. The molecule has 1 aliphatic rings. The van der Waals surface area contributed by atoms with Crippen LogP contribution in [0.3, 0.4) is 0 Å². The van der Waals surface area contributed by atoms with Crippen molar-refractivity contribution in [3.8, 4) is 11.3 Å². The van der Waals surface area contributed by atoms with Crippen molar-refractivity contribution in [2.24, 2.45) is 0 Å². The summed E-state index contributed by atoms with van der Waals surface area (Å²) in [6.45, 7) is 2.63. The molecule has 1 saturated heterocycles. The molecule has 0 spiro atoms. The van der Waals surface area contributed by atoms with Crippen molar-refractivity contribution in [1.82, 2.24) is 4.90 Å². The quantitative estimate of drug-likeness (QED) is 0.255. The van der Waals surface area contributed by atoms with Crippen molar-refractivity contribution in [3.05, 3.63) is 107 Å². The fraction of sp³-hybridized carbons (Fsp3) is 0.133. The third kappa shape index (κ3) is 4.95. The highest BCUT2D eigenvalue weighted by Crippen LogP contribution is 2.26. The Labute approximate surface area is 227 Å². The molecule has 7 nitrogen and oxygen atoms in total. The number of amides is 2. The van der Waals surface area contributed by atoms with Crippen LogP contribution in [0.15, 0.2) is 104 Å². The minimum atomic E-state index is -0.307. The highest BCUT2D eigenvalue weighted by Gasteiger charge is 2.25. The van der Waals surface area contributed by atoms with Crippen molar-refractivity contribution >= 4 is 50.1 Å². The lowest BCUT2D eigenvalue weighted by atomic mass is 10.2. The average Bonchev–Trinajstić information content (AvgIpc) is 3.62. The summed E-state index contributed by atoms with van der Waals surface area (Å²) in [4.78, 5) is 29.7. The van der Waals surface area contributed by atoms with Crippen molar-refractivity contribution in [2.45, 2.75) is 0 Å². The average molecular weight is 570 g/mol. The number of fused-ring (bicyclic) bond motifs is 1. The molecule has 1 aliphatic heterocycles. The van der Waals surface area contributed by atoms with Crippen LogP contribution >= 0.6 is 15.9 Å². The summed E-state index contributed by atoms with van der Waals surface area (Å²) < 4.78 is 12.5. The number of para-hydroxylation sites is 1. The number of nitrogens with one attached hydrogen (secondary N) is 1. The standard InChI is InChI=1S/C30H24BrN3O4/c31-22-7-5-20(6-8-22)26-13-14-27(37-26)29(35)32-23-9-11-24(12-10-23)33-15-17-34(18-16-33)30(36)28-19-21-3-1-2-4-25(21)38-28/h1-14,19H,15-18H2,(H,32,35). The lowest BCUT2D eigenvalue weighted by Gasteiger charge is -2.35. The number of rotatable bonds is 5. The van der Waals surface area contributed by atoms with Crippen LogP contribution in [0.25, 0.3) is 22.3 Å². The molecule has 6 rings (SSSR count). The Balaban J connectivity index is 1.04. The fourth-order valence-corrected chi connectivity index (χ4v) is 4.85. The summed E-state index contributed by atoms with van der Waals surface area (Å²) in [7, 11) is 0. The van der Waals surface area contributed by atoms with Crippen LogP contribution in [0.5, 0.6) is 0 Å². The Morgan fingerprint density at radius 2 is 1.50 bits per heavy atom. The van der Waals surface area contributed by atoms with Gasteiger partial charge in [0.2, 0.25) is 0 Å². The number of hydrogen-bond donors (Lipinski definition) is 1. The summed E-state index contributed by atoms with van der Waals surface area (Å²) in [6, 6.07) is 28.3. The van der Waals surface area contributed by atoms with Crippen LogP contribution in [-0.2, 0) is 0 Å². The molecule has 0 bridgehead atoms. The van der Waals surface area contributed by atoms with Gasteiger partial charge in [0.05, 0.1) is 0 Å². The van der Waals surface area contributed by atoms with Gasteiger partial charge in [-0.3, -0.25) is 9.59 Å². The van der Waals surface area contributed by atoms with E-state index in [4.69, 9.17) is 8.83 Å². The van der Waals surface area contributed by atoms with Gasteiger partial charge in [-0.15, -0.1) is 0 Å². The third-order valence-corrected chi connectivity index (χ3v) is 7.18. The van der Waals surface area contributed by atoms with Gasteiger partial charge >= 0.3 is 0 Å². The first-order valence-corrected chi connectivity index (χ1v) is 13.1. The predicted molar refractivity (Wildman–Crippen MR) is 151 cm³/mol. The molecule has 5 aromatic rings. The monoisotopic (exact) mass is 569 g/mol. The van der Waals surface area contributed by atoms with Crippen LogP contribution in [0.4, 0.5) is 11.4 Å². The molecule has 3 aromatic carbocycles. The lowest BCUT2D eigenvalue weighted by Crippen LogP contribution is -2.48. The van der Waals surface area contributed by atoms with Crippen LogP contribution in [0.2, 0.25) is 0 Å². The molecular formula is C30H24BrN3O4. The highest BCUT2D eigenvalue weighted by atomic mass is 79.9. The number of anilines is 2. The second-order valence-electron chi connectivity index (χ2n) is 9.10. The first-order chi connectivity index (χ1) is 18.5. The molecule has 190 valence electrons. The Morgan fingerprint density at radius 1 is 0.763 bits per heavy atom. The van der Waals surface area contributed by atoms with Gasteiger partial charge in [0.25, 0.3) is 11.8 Å². The number of nitrogens with zero attached hydrogens (tertiary/aromatic N) is 2. The van der Waals surface area contributed by atoms with Gasteiger partial charge in [-0.1, -0.05) is 46.3 Å². The Kier molecular flexibility index (Phi) is 6.47. The largest absolute Gasteiger partial charge is 0.451 e. The Bertz CT molecular complexity index is 1560. The number of carbonyl (C=O) groups is 2. The van der Waals surface area contributed by atoms with E-state index in [1.807, 2.05) is 77.7 Å². The summed E-state index contributed by atoms with van der Waals surface area (Å²) in [6.07, 6.45) is 0. The van der Waals surface area contributed by atoms with E-state index in [0.29, 0.717) is 43.4 Å². The summed E-state index contributed by atoms with van der Waals surface area (Å²) in [5, 5.41) is 3.82. The zero-order valence-electron chi connectivity index (χ0n) is 20.4. The maximum atomic E-state index is 12.9. The van der Waals surface area contributed by atoms with Gasteiger partial charge in [0, 0.05) is 53.0 Å². The SMILES string of the molecule is O=C(Nc1ccc(N2CCN(C(=O)c3cc4ccccc4o3)CC2)cc1)c1ccc(-c2ccc(Br)cc2)o1. The van der Waals surface area contributed by atoms with E-state index in [0.717, 1.165) is 26.7 Å². The molecule has 2 aromatic heterocycles. The summed E-state index contributed by atoms with van der Waals surface area (Å²) in [5.74, 6) is 0.868. The number of carbonyl (C=O) groups excluding carboxylic acids is 2. The Hall–Kier alpha value is -4.30. The molecule has 2 amide bonds. The highest BCUT2D eigenvalue weighted by molar-refractivity contribution is 9.10. The van der Waals surface area contributed by atoms with E-state index in [2.05, 4.69) is 26.1 Å². The first-order valence-electron chi connectivity index (χ1n) is 12.3. The zero-order valence-corrected chi connectivity index (χ0v) is 22.0. The van der Waals surface area contributed by atoms with Crippen molar-refractivity contribution in [1.29, 1.82) is 0 Å². The molecule has 0 aliphatic carbocycles. The van der Waals surface area contributed by atoms with Gasteiger partial charge in [0.15, 0.2) is 11.5 Å². The van der Waals surface area contributed by atoms with Crippen LogP contribution in [-0.4, -0.2) is 42.9 Å². The summed E-state index contributed by atoms with van der Waals surface area (Å²) in [5.41, 5.74) is 3.34. The molecule has 8 heteroatoms. The minimum Gasteiger partial charge on any atom is -0.451 e. The van der Waals surface area contributed by atoms with E-state index in [1.54, 1.807) is 18.2 Å². The second-order valence-corrected chi connectivity index (χ2v) is 10.0. The van der Waals surface area contributed by atoms with Crippen LogP contribution in [0, 0.1) is 0 Å². The van der Waals surface area contributed by atoms with E-state index < -0.39 is 0 Å². The fourth-order valence-electron chi connectivity index (χ4n) is 4.59. The number of halogens is 1. The van der Waals surface area contributed by atoms with Gasteiger partial charge in [-0.2, -0.15) is 0 Å². The molecule has 3 heterocycles. The van der Waals surface area contributed by atoms with Crippen molar-refractivity contribution < 1.29 is 18.4 Å². The molecule has 0 unspecified atom stereocenters. The number of piperazine rings is 1. The molecule has 0 radical (unpaired) electrons. The second kappa shape index (κ2) is 10.2. The van der Waals surface area contributed by atoms with E-state index in [1.165, 1.54) is 0 Å². The molecule has 1 N–H and O–H groups in total. The number of benzene rings is 3.